The van der Waals surface area contributed by atoms with Gasteiger partial charge >= 0.3 is 0 Å². The zero-order chi connectivity index (χ0) is 6.69. The van der Waals surface area contributed by atoms with Gasteiger partial charge in [-0.15, -0.1) is 0 Å². The monoisotopic (exact) mass is 128 g/mol. The van der Waals surface area contributed by atoms with Crippen molar-refractivity contribution in [1.82, 2.24) is 5.32 Å². The number of nitrogens with two attached hydrogens (primary N) is 1. The van der Waals surface area contributed by atoms with Crippen LogP contribution < -0.4 is 11.1 Å². The summed E-state index contributed by atoms with van der Waals surface area (Å²) in [4.78, 5) is 0. The molecule has 0 spiro atoms. The van der Waals surface area contributed by atoms with Crippen LogP contribution in [0.3, 0.4) is 0 Å². The zero-order valence-corrected chi connectivity index (χ0v) is 6.06. The lowest BCUT2D eigenvalue weighted by atomic mass is 10.1. The third kappa shape index (κ3) is 1.43. The highest BCUT2D eigenvalue weighted by Gasteiger charge is 2.23. The second-order valence-electron chi connectivity index (χ2n) is 2.82. The smallest absolute Gasteiger partial charge is 0.0104 e. The van der Waals surface area contributed by atoms with Gasteiger partial charge in [-0.3, -0.25) is 0 Å². The maximum Gasteiger partial charge on any atom is 0.0104 e. The maximum atomic E-state index is 5.56. The molecule has 0 radical (unpaired) electrons. The van der Waals surface area contributed by atoms with Gasteiger partial charge in [0, 0.05) is 6.04 Å². The van der Waals surface area contributed by atoms with Crippen LogP contribution in [0, 0.1) is 5.92 Å². The van der Waals surface area contributed by atoms with E-state index in [1.165, 1.54) is 19.3 Å². The summed E-state index contributed by atoms with van der Waals surface area (Å²) in [6.45, 7) is 0.853. The molecule has 0 aromatic rings. The molecule has 1 aliphatic carbocycles. The summed E-state index contributed by atoms with van der Waals surface area (Å²) < 4.78 is 0. The van der Waals surface area contributed by atoms with Crippen LogP contribution in [0.1, 0.15) is 19.3 Å². The van der Waals surface area contributed by atoms with Gasteiger partial charge in [0.15, 0.2) is 0 Å². The summed E-state index contributed by atoms with van der Waals surface area (Å²) in [6, 6.07) is 0.704. The van der Waals surface area contributed by atoms with Gasteiger partial charge in [-0.2, -0.15) is 0 Å². The van der Waals surface area contributed by atoms with Crippen LogP contribution in [0.2, 0.25) is 0 Å². The third-order valence-corrected chi connectivity index (χ3v) is 2.33. The van der Waals surface area contributed by atoms with Gasteiger partial charge in [0.05, 0.1) is 0 Å². The van der Waals surface area contributed by atoms with E-state index < -0.39 is 0 Å². The molecule has 0 saturated heterocycles. The molecule has 0 aliphatic heterocycles. The lowest BCUT2D eigenvalue weighted by molar-refractivity contribution is 0.434. The normalized spacial score (nSPS) is 35.3. The first-order valence-corrected chi connectivity index (χ1v) is 3.76. The number of hydrogen-bond donors (Lipinski definition) is 2. The molecule has 2 atom stereocenters. The molecule has 2 heteroatoms. The number of rotatable bonds is 2. The van der Waals surface area contributed by atoms with Crippen molar-refractivity contribution in [2.24, 2.45) is 11.7 Å². The third-order valence-electron chi connectivity index (χ3n) is 2.33. The predicted molar refractivity (Wildman–Crippen MR) is 39.2 cm³/mol. The summed E-state index contributed by atoms with van der Waals surface area (Å²) in [5, 5.41) is 3.28. The highest BCUT2D eigenvalue weighted by molar-refractivity contribution is 4.82. The summed E-state index contributed by atoms with van der Waals surface area (Å²) in [6.07, 6.45) is 3.99. The van der Waals surface area contributed by atoms with E-state index in [0.29, 0.717) is 6.04 Å². The van der Waals surface area contributed by atoms with Gasteiger partial charge in [0.1, 0.15) is 0 Å². The zero-order valence-electron chi connectivity index (χ0n) is 6.06. The largest absolute Gasteiger partial charge is 0.330 e. The van der Waals surface area contributed by atoms with Crippen molar-refractivity contribution in [3.8, 4) is 0 Å². The molecule has 0 bridgehead atoms. The van der Waals surface area contributed by atoms with Crippen LogP contribution in [0.15, 0.2) is 0 Å². The van der Waals surface area contributed by atoms with Crippen molar-refractivity contribution in [3.05, 3.63) is 0 Å². The average molecular weight is 128 g/mol. The molecule has 0 unspecified atom stereocenters. The summed E-state index contributed by atoms with van der Waals surface area (Å²) >= 11 is 0. The molecule has 0 aromatic carbocycles. The fourth-order valence-corrected chi connectivity index (χ4v) is 1.70. The fourth-order valence-electron chi connectivity index (χ4n) is 1.70. The van der Waals surface area contributed by atoms with Crippen LogP contribution in [0.4, 0.5) is 0 Å². The molecular weight excluding hydrogens is 112 g/mol. The SMILES string of the molecule is CN[C@H]1CCC[C@H]1CN. The number of hydrogen-bond acceptors (Lipinski definition) is 2. The average Bonchev–Trinajstić information content (AvgIpc) is 2.33. The Morgan fingerprint density at radius 2 is 2.33 bits per heavy atom. The minimum atomic E-state index is 0.704. The van der Waals surface area contributed by atoms with E-state index in [0.717, 1.165) is 12.5 Å². The summed E-state index contributed by atoms with van der Waals surface area (Å²) in [5.41, 5.74) is 5.56. The Morgan fingerprint density at radius 1 is 1.56 bits per heavy atom. The van der Waals surface area contributed by atoms with E-state index in [1.54, 1.807) is 0 Å². The Bertz CT molecular complexity index is 73.0. The maximum absolute atomic E-state index is 5.56. The van der Waals surface area contributed by atoms with Crippen LogP contribution in [-0.4, -0.2) is 19.6 Å². The Morgan fingerprint density at radius 3 is 2.78 bits per heavy atom. The molecule has 3 N–H and O–H groups in total. The highest BCUT2D eigenvalue weighted by atomic mass is 14.9. The van der Waals surface area contributed by atoms with E-state index in [1.807, 2.05) is 7.05 Å². The Balaban J connectivity index is 2.32. The molecule has 0 amide bonds. The first-order chi connectivity index (χ1) is 4.38. The first-order valence-electron chi connectivity index (χ1n) is 3.76. The van der Waals surface area contributed by atoms with Crippen LogP contribution in [0.25, 0.3) is 0 Å². The lowest BCUT2D eigenvalue weighted by Crippen LogP contribution is -2.33. The second kappa shape index (κ2) is 3.18. The molecule has 2 nitrogen and oxygen atoms in total. The van der Waals surface area contributed by atoms with Gasteiger partial charge in [-0.05, 0) is 32.4 Å². The molecule has 1 saturated carbocycles. The van der Waals surface area contributed by atoms with E-state index in [2.05, 4.69) is 5.32 Å². The van der Waals surface area contributed by atoms with E-state index in [4.69, 9.17) is 5.73 Å². The van der Waals surface area contributed by atoms with Crippen LogP contribution in [-0.2, 0) is 0 Å². The quantitative estimate of drug-likeness (QED) is 0.562. The molecule has 9 heavy (non-hydrogen) atoms. The van der Waals surface area contributed by atoms with Crippen molar-refractivity contribution in [1.29, 1.82) is 0 Å². The van der Waals surface area contributed by atoms with Gasteiger partial charge in [0.25, 0.3) is 0 Å². The lowest BCUT2D eigenvalue weighted by Gasteiger charge is -2.15. The van der Waals surface area contributed by atoms with Gasteiger partial charge < -0.3 is 11.1 Å². The fraction of sp³-hybridized carbons (Fsp3) is 1.00. The number of nitrogens with one attached hydrogen (secondary N) is 1. The minimum Gasteiger partial charge on any atom is -0.330 e. The topological polar surface area (TPSA) is 38.0 Å². The van der Waals surface area contributed by atoms with Crippen molar-refractivity contribution in [2.75, 3.05) is 13.6 Å². The molecular formula is C7H16N2. The molecule has 1 rings (SSSR count). The standard InChI is InChI=1S/C7H16N2/c1-9-7-4-2-3-6(7)5-8/h6-7,9H,2-5,8H2,1H3/t6-,7-/m0/s1. The Hall–Kier alpha value is -0.0800. The van der Waals surface area contributed by atoms with Crippen LogP contribution in [0.5, 0.6) is 0 Å². The second-order valence-corrected chi connectivity index (χ2v) is 2.82. The molecule has 0 heterocycles. The summed E-state index contributed by atoms with van der Waals surface area (Å²) in [5.74, 6) is 0.745. The molecule has 1 fully saturated rings. The van der Waals surface area contributed by atoms with Gasteiger partial charge in [-0.25, -0.2) is 0 Å². The van der Waals surface area contributed by atoms with Crippen molar-refractivity contribution >= 4 is 0 Å². The van der Waals surface area contributed by atoms with Gasteiger partial charge in [-0.1, -0.05) is 6.42 Å². The first kappa shape index (κ1) is 7.03. The molecule has 54 valence electrons. The molecule has 0 aromatic heterocycles. The predicted octanol–water partition coefficient (Wildman–Crippen LogP) is 0.333. The van der Waals surface area contributed by atoms with Gasteiger partial charge in [0.2, 0.25) is 0 Å². The minimum absolute atomic E-state index is 0.704. The molecule has 1 aliphatic rings. The van der Waals surface area contributed by atoms with E-state index >= 15 is 0 Å². The summed E-state index contributed by atoms with van der Waals surface area (Å²) in [7, 11) is 2.03. The van der Waals surface area contributed by atoms with Crippen molar-refractivity contribution < 1.29 is 0 Å². The van der Waals surface area contributed by atoms with E-state index in [-0.39, 0.29) is 0 Å². The highest BCUT2D eigenvalue weighted by Crippen LogP contribution is 2.23. The Kier molecular flexibility index (Phi) is 2.49. The van der Waals surface area contributed by atoms with E-state index in [9.17, 15) is 0 Å². The Labute approximate surface area is 56.8 Å². The van der Waals surface area contributed by atoms with Crippen molar-refractivity contribution in [2.45, 2.75) is 25.3 Å². The van der Waals surface area contributed by atoms with Crippen molar-refractivity contribution in [3.63, 3.8) is 0 Å². The van der Waals surface area contributed by atoms with Crippen LogP contribution >= 0.6 is 0 Å².